The number of aryl methyl sites for hydroxylation is 2. The zero-order chi connectivity index (χ0) is 21.6. The molecule has 1 saturated heterocycles. The van der Waals surface area contributed by atoms with Crippen LogP contribution in [0.5, 0.6) is 5.75 Å². The van der Waals surface area contributed by atoms with E-state index in [0.717, 1.165) is 33.4 Å². The molecule has 1 aliphatic rings. The first-order valence-electron chi connectivity index (χ1n) is 9.91. The van der Waals surface area contributed by atoms with Crippen molar-refractivity contribution in [3.63, 3.8) is 0 Å². The second kappa shape index (κ2) is 8.02. The number of aliphatic hydroxyl groups is 4. The maximum atomic E-state index is 10.4. The van der Waals surface area contributed by atoms with E-state index in [1.54, 1.807) is 12.1 Å². The molecule has 0 bridgehead atoms. The van der Waals surface area contributed by atoms with Crippen LogP contribution in [-0.2, 0) is 11.2 Å². The molecule has 7 heteroatoms. The molecule has 0 radical (unpaired) electrons. The summed E-state index contributed by atoms with van der Waals surface area (Å²) in [5.41, 5.74) is 4.17. The number of furan rings is 1. The average Bonchev–Trinajstić information content (AvgIpc) is 3.14. The minimum Gasteiger partial charge on any atom is -0.508 e. The first kappa shape index (κ1) is 20.8. The predicted molar refractivity (Wildman–Crippen MR) is 109 cm³/mol. The lowest BCUT2D eigenvalue weighted by Crippen LogP contribution is -2.55. The van der Waals surface area contributed by atoms with Gasteiger partial charge < -0.3 is 34.7 Å². The fourth-order valence-corrected chi connectivity index (χ4v) is 3.98. The van der Waals surface area contributed by atoms with Gasteiger partial charge in [-0.25, -0.2) is 0 Å². The van der Waals surface area contributed by atoms with Crippen molar-refractivity contribution in [2.24, 2.45) is 0 Å². The van der Waals surface area contributed by atoms with Gasteiger partial charge in [-0.2, -0.15) is 0 Å². The Morgan fingerprint density at radius 1 is 0.933 bits per heavy atom. The number of hydrogen-bond donors (Lipinski definition) is 5. The van der Waals surface area contributed by atoms with Crippen molar-refractivity contribution in [2.75, 3.05) is 6.61 Å². The third-order valence-corrected chi connectivity index (χ3v) is 5.93. The van der Waals surface area contributed by atoms with Gasteiger partial charge in [0.05, 0.1) is 6.61 Å². The van der Waals surface area contributed by atoms with E-state index in [2.05, 4.69) is 6.07 Å². The molecule has 4 rings (SSSR count). The van der Waals surface area contributed by atoms with Crippen LogP contribution < -0.4 is 0 Å². The maximum absolute atomic E-state index is 10.4. The van der Waals surface area contributed by atoms with Gasteiger partial charge in [0.25, 0.3) is 0 Å². The molecule has 0 aliphatic carbocycles. The van der Waals surface area contributed by atoms with Crippen molar-refractivity contribution in [3.8, 4) is 5.75 Å². The lowest BCUT2D eigenvalue weighted by Gasteiger charge is -2.40. The van der Waals surface area contributed by atoms with Crippen LogP contribution in [0.15, 0.2) is 40.8 Å². The molecular formula is C23H26O7. The van der Waals surface area contributed by atoms with Gasteiger partial charge in [-0.3, -0.25) is 0 Å². The van der Waals surface area contributed by atoms with E-state index in [0.29, 0.717) is 6.42 Å². The molecular weight excluding hydrogens is 388 g/mol. The van der Waals surface area contributed by atoms with Crippen molar-refractivity contribution >= 4 is 11.0 Å². The summed E-state index contributed by atoms with van der Waals surface area (Å²) in [4.78, 5) is 0. The lowest BCUT2D eigenvalue weighted by molar-refractivity contribution is -0.232. The molecule has 1 aliphatic heterocycles. The third-order valence-electron chi connectivity index (χ3n) is 5.93. The maximum Gasteiger partial charge on any atom is 0.137 e. The zero-order valence-electron chi connectivity index (χ0n) is 16.8. The van der Waals surface area contributed by atoms with Crippen LogP contribution in [-0.4, -0.2) is 56.6 Å². The van der Waals surface area contributed by atoms with Crippen LogP contribution in [0.4, 0.5) is 0 Å². The first-order chi connectivity index (χ1) is 14.3. The molecule has 5 N–H and O–H groups in total. The highest BCUT2D eigenvalue weighted by atomic mass is 16.5. The van der Waals surface area contributed by atoms with Gasteiger partial charge in [0.1, 0.15) is 47.6 Å². The fourth-order valence-electron chi connectivity index (χ4n) is 3.98. The summed E-state index contributed by atoms with van der Waals surface area (Å²) >= 11 is 0. The summed E-state index contributed by atoms with van der Waals surface area (Å²) in [7, 11) is 0. The van der Waals surface area contributed by atoms with Crippen LogP contribution in [0.1, 0.15) is 34.1 Å². The molecule has 7 nitrogen and oxygen atoms in total. The topological polar surface area (TPSA) is 124 Å². The van der Waals surface area contributed by atoms with Gasteiger partial charge in [-0.05, 0) is 48.7 Å². The summed E-state index contributed by atoms with van der Waals surface area (Å²) in [6, 6.07) is 10.9. The van der Waals surface area contributed by atoms with E-state index in [-0.39, 0.29) is 11.3 Å². The van der Waals surface area contributed by atoms with Gasteiger partial charge in [-0.15, -0.1) is 0 Å². The Hall–Kier alpha value is -2.42. The number of phenols is 1. The summed E-state index contributed by atoms with van der Waals surface area (Å²) in [6.07, 6.45) is -6.10. The SMILES string of the molecule is Cc1ccc2cc(Cc3ccc(O)c([C@@H]4O[C@H](CO)[C@@H](O)[C@H](O)[C@H]4O)c3)oc2c1C. The molecule has 0 unspecified atom stereocenters. The van der Waals surface area contributed by atoms with Crippen molar-refractivity contribution in [1.82, 2.24) is 0 Å². The molecule has 30 heavy (non-hydrogen) atoms. The Morgan fingerprint density at radius 2 is 1.70 bits per heavy atom. The lowest BCUT2D eigenvalue weighted by atomic mass is 9.90. The Morgan fingerprint density at radius 3 is 2.43 bits per heavy atom. The van der Waals surface area contributed by atoms with E-state index in [9.17, 15) is 25.5 Å². The van der Waals surface area contributed by atoms with Gasteiger partial charge >= 0.3 is 0 Å². The van der Waals surface area contributed by atoms with Crippen LogP contribution >= 0.6 is 0 Å². The van der Waals surface area contributed by atoms with Crippen molar-refractivity contribution < 1.29 is 34.7 Å². The highest BCUT2D eigenvalue weighted by molar-refractivity contribution is 5.82. The van der Waals surface area contributed by atoms with Gasteiger partial charge in [0.15, 0.2) is 0 Å². The first-order valence-corrected chi connectivity index (χ1v) is 9.91. The molecule has 160 valence electrons. The number of aromatic hydroxyl groups is 1. The summed E-state index contributed by atoms with van der Waals surface area (Å²) < 4.78 is 11.6. The number of hydrogen-bond acceptors (Lipinski definition) is 7. The zero-order valence-corrected chi connectivity index (χ0v) is 16.8. The molecule has 5 atom stereocenters. The number of benzene rings is 2. The fraction of sp³-hybridized carbons (Fsp3) is 0.391. The molecule has 1 aromatic heterocycles. The van der Waals surface area contributed by atoms with E-state index >= 15 is 0 Å². The second-order valence-electron chi connectivity index (χ2n) is 7.96. The molecule has 2 heterocycles. The van der Waals surface area contributed by atoms with E-state index in [1.165, 1.54) is 6.07 Å². The van der Waals surface area contributed by atoms with E-state index in [4.69, 9.17) is 9.15 Å². The number of rotatable bonds is 4. The Bertz CT molecular complexity index is 1060. The number of fused-ring (bicyclic) bond motifs is 1. The molecule has 3 aromatic rings. The Balaban J connectivity index is 1.64. The van der Waals surface area contributed by atoms with Crippen LogP contribution in [0.3, 0.4) is 0 Å². The average molecular weight is 414 g/mol. The standard InChI is InChI=1S/C23H26O7/c1-11-3-5-14-9-15(29-22(14)12(11)2)7-13-4-6-17(25)16(8-13)23-21(28)20(27)19(26)18(10-24)30-23/h3-6,8-9,18-21,23-28H,7,10H2,1-2H3/t18-,19-,20+,21-,23+/m1/s1. The molecule has 0 amide bonds. The number of aliphatic hydroxyl groups excluding tert-OH is 4. The molecule has 0 spiro atoms. The highest BCUT2D eigenvalue weighted by Crippen LogP contribution is 2.37. The van der Waals surface area contributed by atoms with Crippen molar-refractivity contribution in [3.05, 3.63) is 64.4 Å². The smallest absolute Gasteiger partial charge is 0.137 e. The Kier molecular flexibility index (Phi) is 5.57. The van der Waals surface area contributed by atoms with E-state index in [1.807, 2.05) is 26.0 Å². The molecule has 0 saturated carbocycles. The number of ether oxygens (including phenoxy) is 1. The highest BCUT2D eigenvalue weighted by Gasteiger charge is 2.44. The summed E-state index contributed by atoms with van der Waals surface area (Å²) in [6.45, 7) is 3.52. The molecule has 1 fully saturated rings. The van der Waals surface area contributed by atoms with Crippen LogP contribution in [0.2, 0.25) is 0 Å². The summed E-state index contributed by atoms with van der Waals surface area (Å²) in [5, 5.41) is 51.2. The monoisotopic (exact) mass is 414 g/mol. The predicted octanol–water partition coefficient (Wildman–Crippen LogP) is 1.86. The van der Waals surface area contributed by atoms with Gasteiger partial charge in [0, 0.05) is 17.4 Å². The second-order valence-corrected chi connectivity index (χ2v) is 7.96. The Labute approximate surface area is 173 Å². The van der Waals surface area contributed by atoms with E-state index < -0.39 is 37.1 Å². The van der Waals surface area contributed by atoms with Gasteiger partial charge in [0.2, 0.25) is 0 Å². The van der Waals surface area contributed by atoms with Crippen molar-refractivity contribution in [2.45, 2.75) is 50.8 Å². The normalized spacial score (nSPS) is 26.9. The van der Waals surface area contributed by atoms with Crippen LogP contribution in [0, 0.1) is 13.8 Å². The quantitative estimate of drug-likeness (QED) is 0.441. The van der Waals surface area contributed by atoms with Gasteiger partial charge in [-0.1, -0.05) is 18.2 Å². The van der Waals surface area contributed by atoms with Crippen molar-refractivity contribution in [1.29, 1.82) is 0 Å². The summed E-state index contributed by atoms with van der Waals surface area (Å²) in [5.74, 6) is 0.642. The largest absolute Gasteiger partial charge is 0.508 e. The molecule has 2 aromatic carbocycles. The minimum atomic E-state index is -1.51. The third kappa shape index (κ3) is 3.59. The van der Waals surface area contributed by atoms with Crippen LogP contribution in [0.25, 0.3) is 11.0 Å². The minimum absolute atomic E-state index is 0.112. The number of phenolic OH excluding ortho intramolecular Hbond substituents is 1.